The number of nitrogens with zero attached hydrogens (tertiary/aromatic N) is 1. The van der Waals surface area contributed by atoms with E-state index in [9.17, 15) is 9.90 Å². The third-order valence-electron chi connectivity index (χ3n) is 7.09. The van der Waals surface area contributed by atoms with Gasteiger partial charge in [0, 0.05) is 37.6 Å². The van der Waals surface area contributed by atoms with Gasteiger partial charge in [0.25, 0.3) is 0 Å². The molecular weight excluding hydrogens is 376 g/mol. The molecule has 1 unspecified atom stereocenters. The number of hydrogen-bond donors (Lipinski definition) is 2. The predicted octanol–water partition coefficient (Wildman–Crippen LogP) is 3.65. The second kappa shape index (κ2) is 8.14. The zero-order chi connectivity index (χ0) is 20.6. The molecule has 5 heteroatoms. The number of rotatable bonds is 6. The molecule has 2 aromatic carbocycles. The molecule has 1 aliphatic carbocycles. The van der Waals surface area contributed by atoms with E-state index in [1.165, 1.54) is 12.0 Å². The van der Waals surface area contributed by atoms with Crippen LogP contribution in [0.2, 0.25) is 0 Å². The van der Waals surface area contributed by atoms with Gasteiger partial charge in [-0.05, 0) is 42.9 Å². The summed E-state index contributed by atoms with van der Waals surface area (Å²) < 4.78 is 6.34. The molecule has 5 rings (SSSR count). The molecule has 3 aliphatic rings. The van der Waals surface area contributed by atoms with Crippen molar-refractivity contribution >= 4 is 5.97 Å². The smallest absolute Gasteiger partial charge is 0.336 e. The van der Waals surface area contributed by atoms with Crippen molar-refractivity contribution in [1.82, 2.24) is 10.2 Å². The van der Waals surface area contributed by atoms with Crippen LogP contribution in [0.3, 0.4) is 0 Å². The van der Waals surface area contributed by atoms with Gasteiger partial charge in [-0.3, -0.25) is 4.90 Å². The van der Waals surface area contributed by atoms with Gasteiger partial charge >= 0.3 is 5.97 Å². The predicted molar refractivity (Wildman–Crippen MR) is 116 cm³/mol. The number of benzene rings is 2. The Balaban J connectivity index is 1.12. The summed E-state index contributed by atoms with van der Waals surface area (Å²) in [5, 5.41) is 13.3. The van der Waals surface area contributed by atoms with Crippen molar-refractivity contribution in [1.29, 1.82) is 0 Å². The SMILES string of the molecule is O=C(O)c1ccccc1CN1CCC2(CC1)CC(N[C@@H]1C[C@H]1c1ccccc1)CO2. The number of ether oxygens (including phenoxy) is 1. The highest BCUT2D eigenvalue weighted by molar-refractivity contribution is 5.89. The molecule has 3 atom stereocenters. The van der Waals surface area contributed by atoms with Crippen LogP contribution >= 0.6 is 0 Å². The van der Waals surface area contributed by atoms with E-state index in [4.69, 9.17) is 4.74 Å². The molecule has 0 aromatic heterocycles. The summed E-state index contributed by atoms with van der Waals surface area (Å²) in [5.74, 6) is -0.195. The molecule has 2 saturated heterocycles. The number of hydrogen-bond acceptors (Lipinski definition) is 4. The number of nitrogens with one attached hydrogen (secondary N) is 1. The van der Waals surface area contributed by atoms with Gasteiger partial charge in [0.05, 0.1) is 17.8 Å². The van der Waals surface area contributed by atoms with Gasteiger partial charge in [-0.1, -0.05) is 48.5 Å². The Hall–Kier alpha value is -2.21. The Labute approximate surface area is 178 Å². The fourth-order valence-corrected chi connectivity index (χ4v) is 5.28. The molecule has 1 saturated carbocycles. The van der Waals surface area contributed by atoms with Gasteiger partial charge in [-0.25, -0.2) is 4.79 Å². The van der Waals surface area contributed by atoms with E-state index in [1.54, 1.807) is 12.1 Å². The van der Waals surface area contributed by atoms with E-state index in [0.717, 1.165) is 44.5 Å². The number of carboxylic acid groups (broad SMARTS) is 1. The lowest BCUT2D eigenvalue weighted by Crippen LogP contribution is -2.44. The second-order valence-corrected chi connectivity index (χ2v) is 9.16. The molecule has 3 fully saturated rings. The van der Waals surface area contributed by atoms with Crippen LogP contribution in [0.1, 0.15) is 53.1 Å². The van der Waals surface area contributed by atoms with Crippen LogP contribution in [0.4, 0.5) is 0 Å². The largest absolute Gasteiger partial charge is 0.478 e. The van der Waals surface area contributed by atoms with Gasteiger partial charge < -0.3 is 15.2 Å². The molecule has 2 heterocycles. The van der Waals surface area contributed by atoms with Crippen LogP contribution in [0.25, 0.3) is 0 Å². The summed E-state index contributed by atoms with van der Waals surface area (Å²) in [4.78, 5) is 13.8. The van der Waals surface area contributed by atoms with Gasteiger partial charge in [-0.2, -0.15) is 0 Å². The molecule has 2 aliphatic heterocycles. The van der Waals surface area contributed by atoms with Crippen LogP contribution in [0.5, 0.6) is 0 Å². The Morgan fingerprint density at radius 3 is 2.60 bits per heavy atom. The number of aromatic carboxylic acids is 1. The second-order valence-electron chi connectivity index (χ2n) is 9.16. The zero-order valence-corrected chi connectivity index (χ0v) is 17.3. The van der Waals surface area contributed by atoms with Crippen LogP contribution < -0.4 is 5.32 Å². The van der Waals surface area contributed by atoms with Crippen LogP contribution in [-0.4, -0.2) is 53.4 Å². The van der Waals surface area contributed by atoms with Crippen molar-refractivity contribution in [3.63, 3.8) is 0 Å². The highest BCUT2D eigenvalue weighted by Crippen LogP contribution is 2.43. The molecule has 0 amide bonds. The van der Waals surface area contributed by atoms with Gasteiger partial charge in [-0.15, -0.1) is 0 Å². The zero-order valence-electron chi connectivity index (χ0n) is 17.3. The summed E-state index contributed by atoms with van der Waals surface area (Å²) in [6, 6.07) is 19.2. The van der Waals surface area contributed by atoms with E-state index in [1.807, 2.05) is 12.1 Å². The van der Waals surface area contributed by atoms with Gasteiger partial charge in [0.1, 0.15) is 0 Å². The van der Waals surface area contributed by atoms with Gasteiger partial charge in [0.15, 0.2) is 0 Å². The third-order valence-corrected chi connectivity index (χ3v) is 7.09. The Morgan fingerprint density at radius 2 is 1.83 bits per heavy atom. The quantitative estimate of drug-likeness (QED) is 0.767. The standard InChI is InChI=1S/C25H30N2O3/c28-24(29)21-9-5-4-8-19(21)16-27-12-10-25(11-13-27)15-20(17-30-25)26-23-14-22(23)18-6-2-1-3-7-18/h1-9,20,22-23,26H,10-17H2,(H,28,29)/t20?,22-,23+/m0/s1. The molecule has 158 valence electrons. The summed E-state index contributed by atoms with van der Waals surface area (Å²) in [5.41, 5.74) is 2.75. The molecular formula is C25H30N2O3. The Morgan fingerprint density at radius 1 is 1.10 bits per heavy atom. The van der Waals surface area contributed by atoms with Crippen molar-refractivity contribution < 1.29 is 14.6 Å². The van der Waals surface area contributed by atoms with Crippen molar-refractivity contribution in [2.45, 2.75) is 55.8 Å². The minimum absolute atomic E-state index is 0.00237. The average molecular weight is 407 g/mol. The molecule has 2 aromatic rings. The first-order valence-electron chi connectivity index (χ1n) is 11.1. The topological polar surface area (TPSA) is 61.8 Å². The molecule has 0 radical (unpaired) electrons. The average Bonchev–Trinajstić information content (AvgIpc) is 3.43. The number of carboxylic acids is 1. The van der Waals surface area contributed by atoms with E-state index in [2.05, 4.69) is 40.5 Å². The van der Waals surface area contributed by atoms with Crippen molar-refractivity contribution in [2.75, 3.05) is 19.7 Å². The van der Waals surface area contributed by atoms with E-state index >= 15 is 0 Å². The van der Waals surface area contributed by atoms with Crippen molar-refractivity contribution in [3.05, 3.63) is 71.3 Å². The van der Waals surface area contributed by atoms with Gasteiger partial charge in [0.2, 0.25) is 0 Å². The summed E-state index contributed by atoms with van der Waals surface area (Å²) in [6.07, 6.45) is 4.36. The molecule has 30 heavy (non-hydrogen) atoms. The minimum atomic E-state index is -0.846. The molecule has 2 N–H and O–H groups in total. The first-order valence-corrected chi connectivity index (χ1v) is 11.1. The third kappa shape index (κ3) is 4.15. The van der Waals surface area contributed by atoms with E-state index in [-0.39, 0.29) is 5.60 Å². The normalized spacial score (nSPS) is 27.9. The molecule has 1 spiro atoms. The first kappa shape index (κ1) is 19.7. The first-order chi connectivity index (χ1) is 14.6. The lowest BCUT2D eigenvalue weighted by atomic mass is 9.87. The Kier molecular flexibility index (Phi) is 5.35. The lowest BCUT2D eigenvalue weighted by Gasteiger charge is -2.38. The highest BCUT2D eigenvalue weighted by Gasteiger charge is 2.46. The van der Waals surface area contributed by atoms with E-state index in [0.29, 0.717) is 30.1 Å². The van der Waals surface area contributed by atoms with Crippen LogP contribution in [0.15, 0.2) is 54.6 Å². The number of piperidine rings is 1. The van der Waals surface area contributed by atoms with Crippen LogP contribution in [-0.2, 0) is 11.3 Å². The molecule has 0 bridgehead atoms. The Bertz CT molecular complexity index is 892. The monoisotopic (exact) mass is 406 g/mol. The van der Waals surface area contributed by atoms with E-state index < -0.39 is 5.97 Å². The fraction of sp³-hybridized carbons (Fsp3) is 0.480. The maximum Gasteiger partial charge on any atom is 0.336 e. The summed E-state index contributed by atoms with van der Waals surface area (Å²) in [6.45, 7) is 3.41. The summed E-state index contributed by atoms with van der Waals surface area (Å²) >= 11 is 0. The van der Waals surface area contributed by atoms with Crippen molar-refractivity contribution in [3.8, 4) is 0 Å². The maximum atomic E-state index is 11.5. The maximum absolute atomic E-state index is 11.5. The number of likely N-dealkylation sites (tertiary alicyclic amines) is 1. The number of carbonyl (C=O) groups is 1. The molecule has 5 nitrogen and oxygen atoms in total. The fourth-order valence-electron chi connectivity index (χ4n) is 5.28. The summed E-state index contributed by atoms with van der Waals surface area (Å²) in [7, 11) is 0. The van der Waals surface area contributed by atoms with Crippen molar-refractivity contribution in [2.24, 2.45) is 0 Å². The minimum Gasteiger partial charge on any atom is -0.478 e. The lowest BCUT2D eigenvalue weighted by molar-refractivity contribution is -0.0449. The van der Waals surface area contributed by atoms with Crippen LogP contribution in [0, 0.1) is 0 Å². The highest BCUT2D eigenvalue weighted by atomic mass is 16.5.